The molecule has 1 unspecified atom stereocenters. The number of nitrogens with zero attached hydrogens (tertiary/aromatic N) is 3. The van der Waals surface area contributed by atoms with E-state index in [4.69, 9.17) is 9.05 Å². The van der Waals surface area contributed by atoms with Gasteiger partial charge in [0, 0.05) is 11.1 Å². The summed E-state index contributed by atoms with van der Waals surface area (Å²) >= 11 is 3.32. The Kier molecular flexibility index (Phi) is 5.44. The zero-order valence-corrected chi connectivity index (χ0v) is 16.7. The molecule has 10 heteroatoms. The van der Waals surface area contributed by atoms with Gasteiger partial charge in [-0.05, 0) is 5.56 Å². The van der Waals surface area contributed by atoms with Crippen LogP contribution in [0.2, 0.25) is 0 Å². The molecule has 1 atom stereocenters. The van der Waals surface area contributed by atoms with Gasteiger partial charge in [0.1, 0.15) is 11.3 Å². The lowest BCUT2D eigenvalue weighted by atomic mass is 10.1. The molecule has 0 aliphatic rings. The Bertz CT molecular complexity index is 1140. The average molecular weight is 480 g/mol. The van der Waals surface area contributed by atoms with E-state index in [1.165, 1.54) is 12.1 Å². The molecule has 6 nitrogen and oxygen atoms in total. The molecule has 0 saturated heterocycles. The van der Waals surface area contributed by atoms with Crippen molar-refractivity contribution in [2.24, 2.45) is 0 Å². The van der Waals surface area contributed by atoms with E-state index in [9.17, 15) is 18.3 Å². The van der Waals surface area contributed by atoms with Crippen LogP contribution in [0.15, 0.2) is 63.6 Å². The molecule has 2 aromatic heterocycles. The molecule has 0 aliphatic carbocycles. The van der Waals surface area contributed by atoms with E-state index in [1.54, 1.807) is 42.5 Å². The van der Waals surface area contributed by atoms with Gasteiger partial charge in [-0.3, -0.25) is 0 Å². The first-order chi connectivity index (χ1) is 14.4. The molecule has 2 heterocycles. The Balaban J connectivity index is 1.73. The zero-order chi connectivity index (χ0) is 21.3. The predicted octanol–water partition coefficient (Wildman–Crippen LogP) is 5.51. The van der Waals surface area contributed by atoms with Crippen LogP contribution >= 0.6 is 15.9 Å². The fraction of sp³-hybridized carbons (Fsp3) is 0.150. The summed E-state index contributed by atoms with van der Waals surface area (Å²) in [5, 5.41) is 16.5. The van der Waals surface area contributed by atoms with Gasteiger partial charge in [-0.15, -0.1) is 0 Å². The largest absolute Gasteiger partial charge is 0.422 e. The maximum absolute atomic E-state index is 13.8. The van der Waals surface area contributed by atoms with E-state index in [1.807, 2.05) is 0 Å². The molecule has 0 aliphatic heterocycles. The Hall–Kier alpha value is -2.98. The molecule has 0 radical (unpaired) electrons. The highest BCUT2D eigenvalue weighted by Crippen LogP contribution is 2.43. The van der Waals surface area contributed by atoms with Crippen LogP contribution < -0.4 is 0 Å². The first kappa shape index (κ1) is 20.3. The van der Waals surface area contributed by atoms with Crippen LogP contribution in [0.4, 0.5) is 13.2 Å². The first-order valence-electron chi connectivity index (χ1n) is 8.70. The lowest BCUT2D eigenvalue weighted by molar-refractivity contribution is -0.136. The van der Waals surface area contributed by atoms with Crippen LogP contribution in [0.25, 0.3) is 34.3 Å². The highest BCUT2D eigenvalue weighted by Gasteiger charge is 2.42. The topological polar surface area (TPSA) is 85.2 Å². The van der Waals surface area contributed by atoms with Crippen molar-refractivity contribution in [2.45, 2.75) is 11.0 Å². The molecule has 0 fully saturated rings. The van der Waals surface area contributed by atoms with Crippen molar-refractivity contribution in [3.8, 4) is 34.3 Å². The number of aromatic nitrogens is 3. The van der Waals surface area contributed by atoms with E-state index in [0.717, 1.165) is 5.56 Å². The third-order valence-electron chi connectivity index (χ3n) is 4.33. The minimum atomic E-state index is -4.74. The van der Waals surface area contributed by atoms with Crippen molar-refractivity contribution in [1.82, 2.24) is 15.3 Å². The summed E-state index contributed by atoms with van der Waals surface area (Å²) in [6.07, 6.45) is -4.74. The van der Waals surface area contributed by atoms with Gasteiger partial charge in [0.05, 0.1) is 11.4 Å². The summed E-state index contributed by atoms with van der Waals surface area (Å²) in [5.74, 6) is -0.972. The molecule has 1 N–H and O–H groups in total. The smallest absolute Gasteiger partial charge is 0.395 e. The normalized spacial score (nSPS) is 12.8. The van der Waals surface area contributed by atoms with Crippen molar-refractivity contribution < 1.29 is 27.3 Å². The molecule has 2 aromatic carbocycles. The van der Waals surface area contributed by atoms with Gasteiger partial charge >= 0.3 is 6.18 Å². The van der Waals surface area contributed by atoms with Crippen LogP contribution in [0.5, 0.6) is 0 Å². The highest BCUT2D eigenvalue weighted by atomic mass is 79.9. The maximum atomic E-state index is 13.8. The standard InChI is InChI=1S/C20H13BrF3N3O3/c21-14(10-28)11-6-8-13(9-7-11)18-25-19(30-27-18)17-15(20(22,23)24)16(26-29-17)12-4-2-1-3-5-12/h1-9,14,28H,10H2. The quantitative estimate of drug-likeness (QED) is 0.380. The predicted molar refractivity (Wildman–Crippen MR) is 104 cm³/mol. The summed E-state index contributed by atoms with van der Waals surface area (Å²) in [7, 11) is 0. The average Bonchev–Trinajstić information content (AvgIpc) is 3.41. The summed E-state index contributed by atoms with van der Waals surface area (Å²) in [5.41, 5.74) is 0.178. The van der Waals surface area contributed by atoms with Gasteiger partial charge < -0.3 is 14.2 Å². The Morgan fingerprint density at radius 2 is 1.63 bits per heavy atom. The van der Waals surface area contributed by atoms with Crippen molar-refractivity contribution in [3.63, 3.8) is 0 Å². The van der Waals surface area contributed by atoms with Crippen LogP contribution in [0.3, 0.4) is 0 Å². The second kappa shape index (κ2) is 8.04. The number of rotatable bonds is 5. The van der Waals surface area contributed by atoms with Crippen LogP contribution in [-0.4, -0.2) is 27.0 Å². The Labute approximate surface area is 176 Å². The van der Waals surface area contributed by atoms with Crippen LogP contribution in [-0.2, 0) is 6.18 Å². The molecule has 0 bridgehead atoms. The second-order valence-electron chi connectivity index (χ2n) is 6.29. The minimum absolute atomic E-state index is 0.0822. The van der Waals surface area contributed by atoms with Gasteiger partial charge in [0.25, 0.3) is 5.89 Å². The van der Waals surface area contributed by atoms with Gasteiger partial charge in [0.2, 0.25) is 11.6 Å². The Morgan fingerprint density at radius 3 is 2.27 bits per heavy atom. The lowest BCUT2D eigenvalue weighted by Crippen LogP contribution is -2.07. The SMILES string of the molecule is OCC(Br)c1ccc(-c2noc(-c3onc(-c4ccccc4)c3C(F)(F)F)n2)cc1. The monoisotopic (exact) mass is 479 g/mol. The fourth-order valence-corrected chi connectivity index (χ4v) is 3.18. The number of aliphatic hydroxyl groups excluding tert-OH is 1. The van der Waals surface area contributed by atoms with E-state index in [2.05, 4.69) is 31.2 Å². The molecule has 4 rings (SSSR count). The molecule has 0 saturated carbocycles. The minimum Gasteiger partial charge on any atom is -0.395 e. The van der Waals surface area contributed by atoms with E-state index in [0.29, 0.717) is 5.56 Å². The maximum Gasteiger partial charge on any atom is 0.422 e. The van der Waals surface area contributed by atoms with Crippen molar-refractivity contribution in [1.29, 1.82) is 0 Å². The van der Waals surface area contributed by atoms with E-state index < -0.39 is 23.4 Å². The summed E-state index contributed by atoms with van der Waals surface area (Å²) in [6.45, 7) is -0.0822. The highest BCUT2D eigenvalue weighted by molar-refractivity contribution is 9.09. The summed E-state index contributed by atoms with van der Waals surface area (Å²) in [6, 6.07) is 14.7. The summed E-state index contributed by atoms with van der Waals surface area (Å²) < 4.78 is 51.4. The van der Waals surface area contributed by atoms with Gasteiger partial charge in [-0.2, -0.15) is 18.2 Å². The van der Waals surface area contributed by atoms with Crippen LogP contribution in [0, 0.1) is 0 Å². The van der Waals surface area contributed by atoms with Crippen molar-refractivity contribution in [3.05, 3.63) is 65.7 Å². The molecular formula is C20H13BrF3N3O3. The first-order valence-corrected chi connectivity index (χ1v) is 9.61. The van der Waals surface area contributed by atoms with Crippen molar-refractivity contribution >= 4 is 15.9 Å². The van der Waals surface area contributed by atoms with Crippen LogP contribution in [0.1, 0.15) is 16.0 Å². The molecular weight excluding hydrogens is 467 g/mol. The Morgan fingerprint density at radius 1 is 0.933 bits per heavy atom. The molecule has 4 aromatic rings. The van der Waals surface area contributed by atoms with Crippen molar-refractivity contribution in [2.75, 3.05) is 6.61 Å². The number of hydrogen-bond acceptors (Lipinski definition) is 6. The number of halogens is 4. The fourth-order valence-electron chi connectivity index (χ4n) is 2.87. The summed E-state index contributed by atoms with van der Waals surface area (Å²) in [4.78, 5) is 3.82. The van der Waals surface area contributed by atoms with Gasteiger partial charge in [-0.25, -0.2) is 0 Å². The lowest BCUT2D eigenvalue weighted by Gasteiger charge is -2.06. The molecule has 154 valence electrons. The number of alkyl halides is 4. The number of benzene rings is 2. The molecule has 30 heavy (non-hydrogen) atoms. The van der Waals surface area contributed by atoms with E-state index >= 15 is 0 Å². The molecule has 0 spiro atoms. The van der Waals surface area contributed by atoms with E-state index in [-0.39, 0.29) is 28.5 Å². The zero-order valence-electron chi connectivity index (χ0n) is 15.1. The number of hydrogen-bond donors (Lipinski definition) is 1. The third kappa shape index (κ3) is 3.88. The van der Waals surface area contributed by atoms with Gasteiger partial charge in [-0.1, -0.05) is 80.8 Å². The number of aliphatic hydroxyl groups is 1. The second-order valence-corrected chi connectivity index (χ2v) is 7.40. The van der Waals surface area contributed by atoms with Gasteiger partial charge in [0.15, 0.2) is 0 Å². The molecule has 0 amide bonds. The third-order valence-corrected chi connectivity index (χ3v) is 5.15.